The summed E-state index contributed by atoms with van der Waals surface area (Å²) in [7, 11) is 0. The summed E-state index contributed by atoms with van der Waals surface area (Å²) in [5.74, 6) is 0. The van der Waals surface area contributed by atoms with Crippen LogP contribution in [0.25, 0.3) is 10.6 Å². The molecule has 0 aliphatic carbocycles. The Morgan fingerprint density at radius 2 is 2.46 bits per heavy atom. The van der Waals surface area contributed by atoms with Gasteiger partial charge in [-0.25, -0.2) is 0 Å². The zero-order valence-electron chi connectivity index (χ0n) is 7.16. The maximum atomic E-state index is 5.50. The van der Waals surface area contributed by atoms with Gasteiger partial charge < -0.3 is 5.73 Å². The third kappa shape index (κ3) is 1.64. The quantitative estimate of drug-likeness (QED) is 0.778. The number of hydrogen-bond donors (Lipinski definition) is 2. The minimum Gasteiger partial charge on any atom is -0.330 e. The summed E-state index contributed by atoms with van der Waals surface area (Å²) < 4.78 is 0. The standard InChI is InChI=1S/C9H11N3S/c10-4-3-7-6-11-12-9(7)8-2-1-5-13-8/h1-2,5-6H,3-4,10H2,(H,11,12). The lowest BCUT2D eigenvalue weighted by Gasteiger charge is -1.97. The van der Waals surface area contributed by atoms with E-state index in [4.69, 9.17) is 5.73 Å². The van der Waals surface area contributed by atoms with Crippen LogP contribution in [0.3, 0.4) is 0 Å². The topological polar surface area (TPSA) is 54.7 Å². The summed E-state index contributed by atoms with van der Waals surface area (Å²) in [5.41, 5.74) is 7.81. The molecular formula is C9H11N3S. The van der Waals surface area contributed by atoms with Gasteiger partial charge in [0.2, 0.25) is 0 Å². The highest BCUT2D eigenvalue weighted by atomic mass is 32.1. The van der Waals surface area contributed by atoms with E-state index >= 15 is 0 Å². The van der Waals surface area contributed by atoms with E-state index in [1.807, 2.05) is 12.3 Å². The molecule has 0 saturated carbocycles. The number of H-pyrrole nitrogens is 1. The van der Waals surface area contributed by atoms with Gasteiger partial charge in [0.25, 0.3) is 0 Å². The second-order valence-electron chi connectivity index (χ2n) is 2.79. The number of rotatable bonds is 3. The van der Waals surface area contributed by atoms with Crippen LogP contribution in [0.2, 0.25) is 0 Å². The molecule has 68 valence electrons. The predicted molar refractivity (Wildman–Crippen MR) is 54.7 cm³/mol. The molecule has 0 amide bonds. The lowest BCUT2D eigenvalue weighted by atomic mass is 10.1. The van der Waals surface area contributed by atoms with Crippen LogP contribution in [-0.4, -0.2) is 16.7 Å². The van der Waals surface area contributed by atoms with E-state index in [0.29, 0.717) is 6.54 Å². The highest BCUT2D eigenvalue weighted by Gasteiger charge is 2.06. The maximum absolute atomic E-state index is 5.50. The van der Waals surface area contributed by atoms with Gasteiger partial charge in [-0.3, -0.25) is 5.10 Å². The molecule has 2 aromatic heterocycles. The first-order valence-corrected chi connectivity index (χ1v) is 5.06. The highest BCUT2D eigenvalue weighted by Crippen LogP contribution is 2.25. The predicted octanol–water partition coefficient (Wildman–Crippen LogP) is 1.64. The number of nitrogens with two attached hydrogens (primary N) is 1. The average Bonchev–Trinajstić information content (AvgIpc) is 2.71. The monoisotopic (exact) mass is 193 g/mol. The molecular weight excluding hydrogens is 182 g/mol. The van der Waals surface area contributed by atoms with Crippen LogP contribution in [0.4, 0.5) is 0 Å². The summed E-state index contributed by atoms with van der Waals surface area (Å²) in [5, 5.41) is 9.08. The lowest BCUT2D eigenvalue weighted by Crippen LogP contribution is -2.02. The van der Waals surface area contributed by atoms with E-state index in [1.54, 1.807) is 11.3 Å². The summed E-state index contributed by atoms with van der Waals surface area (Å²) in [6, 6.07) is 4.12. The van der Waals surface area contributed by atoms with Crippen LogP contribution in [0.1, 0.15) is 5.56 Å². The van der Waals surface area contributed by atoms with Crippen LogP contribution in [0, 0.1) is 0 Å². The molecule has 0 unspecified atom stereocenters. The molecule has 0 spiro atoms. The summed E-state index contributed by atoms with van der Waals surface area (Å²) in [6.45, 7) is 0.665. The second kappa shape index (κ2) is 3.72. The van der Waals surface area contributed by atoms with Gasteiger partial charge in [-0.15, -0.1) is 11.3 Å². The summed E-state index contributed by atoms with van der Waals surface area (Å²) in [4.78, 5) is 1.22. The van der Waals surface area contributed by atoms with Crippen LogP contribution in [-0.2, 0) is 6.42 Å². The van der Waals surface area contributed by atoms with Crippen molar-refractivity contribution in [2.75, 3.05) is 6.54 Å². The molecule has 3 N–H and O–H groups in total. The van der Waals surface area contributed by atoms with Crippen LogP contribution in [0.5, 0.6) is 0 Å². The van der Waals surface area contributed by atoms with Gasteiger partial charge >= 0.3 is 0 Å². The molecule has 13 heavy (non-hydrogen) atoms. The van der Waals surface area contributed by atoms with E-state index in [-0.39, 0.29) is 0 Å². The number of nitrogens with one attached hydrogen (secondary N) is 1. The van der Waals surface area contributed by atoms with Crippen molar-refractivity contribution in [2.24, 2.45) is 5.73 Å². The van der Waals surface area contributed by atoms with Crippen molar-refractivity contribution in [2.45, 2.75) is 6.42 Å². The molecule has 4 heteroatoms. The third-order valence-corrected chi connectivity index (χ3v) is 2.79. The molecule has 0 radical (unpaired) electrons. The third-order valence-electron chi connectivity index (χ3n) is 1.90. The van der Waals surface area contributed by atoms with Crippen LogP contribution in [0.15, 0.2) is 23.7 Å². The number of thiophene rings is 1. The molecule has 2 aromatic rings. The fraction of sp³-hybridized carbons (Fsp3) is 0.222. The molecule has 0 fully saturated rings. The fourth-order valence-corrected chi connectivity index (χ4v) is 2.05. The van der Waals surface area contributed by atoms with Crippen LogP contribution < -0.4 is 5.73 Å². The van der Waals surface area contributed by atoms with Gasteiger partial charge in [0, 0.05) is 0 Å². The number of hydrogen-bond acceptors (Lipinski definition) is 3. The van der Waals surface area contributed by atoms with Gasteiger partial charge in [0.15, 0.2) is 0 Å². The van der Waals surface area contributed by atoms with Crippen molar-refractivity contribution >= 4 is 11.3 Å². The van der Waals surface area contributed by atoms with Gasteiger partial charge in [-0.2, -0.15) is 5.10 Å². The number of nitrogens with zero attached hydrogens (tertiary/aromatic N) is 1. The van der Waals surface area contributed by atoms with E-state index in [2.05, 4.69) is 21.6 Å². The Kier molecular flexibility index (Phi) is 2.42. The Hall–Kier alpha value is -1.13. The molecule has 0 saturated heterocycles. The Balaban J connectivity index is 2.35. The zero-order valence-corrected chi connectivity index (χ0v) is 7.97. The molecule has 0 aliphatic heterocycles. The summed E-state index contributed by atoms with van der Waals surface area (Å²) >= 11 is 1.71. The van der Waals surface area contributed by atoms with Crippen molar-refractivity contribution in [1.82, 2.24) is 10.2 Å². The van der Waals surface area contributed by atoms with Crippen molar-refractivity contribution < 1.29 is 0 Å². The normalized spacial score (nSPS) is 10.5. The average molecular weight is 193 g/mol. The fourth-order valence-electron chi connectivity index (χ4n) is 1.29. The Morgan fingerprint density at radius 1 is 1.54 bits per heavy atom. The van der Waals surface area contributed by atoms with E-state index < -0.39 is 0 Å². The van der Waals surface area contributed by atoms with E-state index in [0.717, 1.165) is 12.1 Å². The molecule has 3 nitrogen and oxygen atoms in total. The molecule has 0 aromatic carbocycles. The van der Waals surface area contributed by atoms with Gasteiger partial charge in [-0.1, -0.05) is 6.07 Å². The first-order valence-electron chi connectivity index (χ1n) is 4.18. The number of aromatic nitrogens is 2. The van der Waals surface area contributed by atoms with Gasteiger partial charge in [0.05, 0.1) is 16.8 Å². The zero-order chi connectivity index (χ0) is 9.10. The summed E-state index contributed by atoms with van der Waals surface area (Å²) in [6.07, 6.45) is 2.73. The van der Waals surface area contributed by atoms with E-state index in [1.165, 1.54) is 10.4 Å². The molecule has 2 heterocycles. The maximum Gasteiger partial charge on any atom is 0.0782 e. The first-order chi connectivity index (χ1) is 6.42. The molecule has 0 aliphatic rings. The van der Waals surface area contributed by atoms with Gasteiger partial charge in [0.1, 0.15) is 0 Å². The Labute approximate surface area is 80.6 Å². The van der Waals surface area contributed by atoms with E-state index in [9.17, 15) is 0 Å². The molecule has 0 atom stereocenters. The highest BCUT2D eigenvalue weighted by molar-refractivity contribution is 7.13. The Bertz CT molecular complexity index is 364. The van der Waals surface area contributed by atoms with Crippen molar-refractivity contribution in [3.63, 3.8) is 0 Å². The van der Waals surface area contributed by atoms with Crippen LogP contribution >= 0.6 is 11.3 Å². The SMILES string of the molecule is NCCc1cn[nH]c1-c1cccs1. The minimum absolute atomic E-state index is 0.665. The van der Waals surface area contributed by atoms with Crippen molar-refractivity contribution in [3.8, 4) is 10.6 Å². The smallest absolute Gasteiger partial charge is 0.0782 e. The van der Waals surface area contributed by atoms with Crippen molar-refractivity contribution in [1.29, 1.82) is 0 Å². The largest absolute Gasteiger partial charge is 0.330 e. The molecule has 0 bridgehead atoms. The minimum atomic E-state index is 0.665. The number of aromatic amines is 1. The van der Waals surface area contributed by atoms with Gasteiger partial charge in [-0.05, 0) is 30.0 Å². The lowest BCUT2D eigenvalue weighted by molar-refractivity contribution is 0.972. The molecule has 2 rings (SSSR count). The second-order valence-corrected chi connectivity index (χ2v) is 3.73. The Morgan fingerprint density at radius 3 is 3.15 bits per heavy atom. The van der Waals surface area contributed by atoms with Crippen molar-refractivity contribution in [3.05, 3.63) is 29.3 Å². The first kappa shape index (κ1) is 8.47.